The fourth-order valence-corrected chi connectivity index (χ4v) is 2.87. The molecule has 3 rings (SSSR count). The van der Waals surface area contributed by atoms with Crippen molar-refractivity contribution in [2.45, 2.75) is 9.99 Å². The highest BCUT2D eigenvalue weighted by atomic mass is 32.2. The van der Waals surface area contributed by atoms with Crippen LogP contribution in [0.4, 0.5) is 0 Å². The summed E-state index contributed by atoms with van der Waals surface area (Å²) in [7, 11) is 1.60. The van der Waals surface area contributed by atoms with Crippen LogP contribution in [0.2, 0.25) is 0 Å². The normalized spacial score (nSPS) is 13.9. The van der Waals surface area contributed by atoms with Crippen molar-refractivity contribution in [2.75, 3.05) is 7.11 Å². The first-order chi connectivity index (χ1) is 11.7. The number of aliphatic hydroxyl groups is 1. The van der Waals surface area contributed by atoms with E-state index in [0.717, 1.165) is 16.7 Å². The van der Waals surface area contributed by atoms with Gasteiger partial charge in [0, 0.05) is 24.5 Å². The first kappa shape index (κ1) is 16.0. The summed E-state index contributed by atoms with van der Waals surface area (Å²) in [4.78, 5) is 13.1. The van der Waals surface area contributed by atoms with Gasteiger partial charge in [-0.15, -0.1) is 5.53 Å². The maximum atomic E-state index is 12.2. The number of carbonyl (C=O) groups is 1. The van der Waals surface area contributed by atoms with Crippen molar-refractivity contribution >= 4 is 17.5 Å². The molecule has 8 heteroatoms. The third-order valence-corrected chi connectivity index (χ3v) is 4.11. The van der Waals surface area contributed by atoms with Gasteiger partial charge in [-0.3, -0.25) is 4.79 Å². The minimum absolute atomic E-state index is 0.235. The lowest BCUT2D eigenvalue weighted by molar-refractivity contribution is 0.103. The number of nitrogens with one attached hydrogen (secondary N) is 2. The fraction of sp³-hybridized carbons (Fsp3) is 0.0625. The van der Waals surface area contributed by atoms with Crippen LogP contribution in [0.3, 0.4) is 0 Å². The summed E-state index contributed by atoms with van der Waals surface area (Å²) in [6, 6.07) is 9.14. The lowest BCUT2D eigenvalue weighted by Crippen LogP contribution is -2.35. The molecular formula is C16H15N3O4S. The van der Waals surface area contributed by atoms with Crippen LogP contribution in [0, 0.1) is 0 Å². The van der Waals surface area contributed by atoms with Gasteiger partial charge >= 0.3 is 0 Å². The maximum absolute atomic E-state index is 12.2. The van der Waals surface area contributed by atoms with Gasteiger partial charge in [-0.1, -0.05) is 12.1 Å². The van der Waals surface area contributed by atoms with Crippen LogP contribution < -0.4 is 15.7 Å². The molecule has 0 spiro atoms. The number of carbonyl (C=O) groups excluding carboxylic acids is 1. The van der Waals surface area contributed by atoms with Gasteiger partial charge in [-0.2, -0.15) is 0 Å². The molecule has 0 unspecified atom stereocenters. The largest absolute Gasteiger partial charge is 0.496 e. The van der Waals surface area contributed by atoms with Gasteiger partial charge < -0.3 is 19.7 Å². The number of rotatable bonds is 6. The second kappa shape index (κ2) is 7.16. The molecule has 24 heavy (non-hydrogen) atoms. The van der Waals surface area contributed by atoms with Crippen molar-refractivity contribution < 1.29 is 19.1 Å². The van der Waals surface area contributed by atoms with Gasteiger partial charge in [0.05, 0.1) is 17.6 Å². The second-order valence-corrected chi connectivity index (χ2v) is 5.76. The number of nitrogens with zero attached hydrogens (tertiary/aromatic N) is 1. The van der Waals surface area contributed by atoms with Crippen LogP contribution in [0.1, 0.15) is 10.4 Å². The van der Waals surface area contributed by atoms with E-state index in [9.17, 15) is 9.90 Å². The highest BCUT2D eigenvalue weighted by molar-refractivity contribution is 7.99. The summed E-state index contributed by atoms with van der Waals surface area (Å²) >= 11 is 1.35. The summed E-state index contributed by atoms with van der Waals surface area (Å²) in [5, 5.41) is 11.7. The second-order valence-electron chi connectivity index (χ2n) is 4.72. The lowest BCUT2D eigenvalue weighted by atomic mass is 10.2. The summed E-state index contributed by atoms with van der Waals surface area (Å²) in [5.74, 6) is 0.121. The molecule has 0 amide bonds. The Morgan fingerprint density at radius 1 is 1.42 bits per heavy atom. The van der Waals surface area contributed by atoms with Crippen LogP contribution in [-0.4, -0.2) is 23.0 Å². The van der Waals surface area contributed by atoms with Crippen LogP contribution in [0.5, 0.6) is 5.75 Å². The van der Waals surface area contributed by atoms with Gasteiger partial charge in [-0.05, 0) is 23.9 Å². The van der Waals surface area contributed by atoms with E-state index in [0.29, 0.717) is 10.7 Å². The number of furan rings is 1. The molecule has 3 N–H and O–H groups in total. The van der Waals surface area contributed by atoms with E-state index in [-0.39, 0.29) is 11.7 Å². The zero-order valence-electron chi connectivity index (χ0n) is 12.7. The third-order valence-electron chi connectivity index (χ3n) is 3.14. The Morgan fingerprint density at radius 3 is 3.00 bits per heavy atom. The van der Waals surface area contributed by atoms with E-state index < -0.39 is 0 Å². The monoisotopic (exact) mass is 345 g/mol. The molecule has 0 radical (unpaired) electrons. The SMILES string of the molecule is COc1ccccc1Sc1cc(C(=O)C=C(O)N2C=CNN2)co1. The molecule has 0 atom stereocenters. The number of aliphatic hydroxyl groups excluding tert-OH is 1. The van der Waals surface area contributed by atoms with Crippen LogP contribution >= 0.6 is 11.8 Å². The van der Waals surface area contributed by atoms with Gasteiger partial charge in [-0.25, -0.2) is 5.01 Å². The third kappa shape index (κ3) is 3.55. The minimum Gasteiger partial charge on any atom is -0.496 e. The smallest absolute Gasteiger partial charge is 0.211 e. The number of hydrogen-bond acceptors (Lipinski definition) is 8. The molecule has 0 bridgehead atoms. The number of methoxy groups -OCH3 is 1. The molecule has 2 heterocycles. The molecule has 2 aromatic rings. The Bertz CT molecular complexity index is 800. The summed E-state index contributed by atoms with van der Waals surface area (Å²) in [6.07, 6.45) is 5.58. The van der Waals surface area contributed by atoms with Gasteiger partial charge in [0.2, 0.25) is 5.88 Å². The van der Waals surface area contributed by atoms with Crippen molar-refractivity contribution in [3.05, 3.63) is 66.5 Å². The Balaban J connectivity index is 1.72. The van der Waals surface area contributed by atoms with E-state index in [1.165, 1.54) is 29.2 Å². The van der Waals surface area contributed by atoms with Gasteiger partial charge in [0.1, 0.15) is 12.0 Å². The number of allylic oxidation sites excluding steroid dienone is 1. The standard InChI is InChI=1S/C16H15N3O4S/c1-22-13-4-2-3-5-14(13)24-16-8-11(10-23-16)12(20)9-15(21)19-7-6-17-18-19/h2-10,17-18,21H,1H3. The Morgan fingerprint density at radius 2 is 2.25 bits per heavy atom. The van der Waals surface area contributed by atoms with E-state index >= 15 is 0 Å². The molecule has 1 aliphatic heterocycles. The van der Waals surface area contributed by atoms with E-state index in [4.69, 9.17) is 9.15 Å². The molecule has 0 aliphatic carbocycles. The number of ether oxygens (including phenoxy) is 1. The minimum atomic E-state index is -0.370. The highest BCUT2D eigenvalue weighted by Crippen LogP contribution is 2.35. The molecule has 0 fully saturated rings. The Hall–Kier alpha value is -2.84. The lowest BCUT2D eigenvalue weighted by Gasteiger charge is -2.12. The summed E-state index contributed by atoms with van der Waals surface area (Å²) < 4.78 is 10.7. The highest BCUT2D eigenvalue weighted by Gasteiger charge is 2.14. The number of benzene rings is 1. The van der Waals surface area contributed by atoms with Crippen LogP contribution in [0.25, 0.3) is 0 Å². The van der Waals surface area contributed by atoms with Crippen LogP contribution in [-0.2, 0) is 0 Å². The molecule has 1 aliphatic rings. The predicted molar refractivity (Wildman–Crippen MR) is 88.1 cm³/mol. The summed E-state index contributed by atoms with van der Waals surface area (Å²) in [5.41, 5.74) is 5.62. The predicted octanol–water partition coefficient (Wildman–Crippen LogP) is 2.82. The number of ketones is 1. The van der Waals surface area contributed by atoms with Crippen molar-refractivity contribution in [2.24, 2.45) is 0 Å². The van der Waals surface area contributed by atoms with Crippen molar-refractivity contribution in [3.8, 4) is 5.75 Å². The molecular weight excluding hydrogens is 330 g/mol. The quantitative estimate of drug-likeness (QED) is 0.419. The van der Waals surface area contributed by atoms with E-state index in [1.54, 1.807) is 19.4 Å². The first-order valence-electron chi connectivity index (χ1n) is 6.99. The van der Waals surface area contributed by atoms with E-state index in [1.807, 2.05) is 24.3 Å². The number of hydrazine groups is 2. The average molecular weight is 345 g/mol. The van der Waals surface area contributed by atoms with Crippen molar-refractivity contribution in [3.63, 3.8) is 0 Å². The molecule has 0 saturated carbocycles. The average Bonchev–Trinajstić information content (AvgIpc) is 3.27. The summed E-state index contributed by atoms with van der Waals surface area (Å²) in [6.45, 7) is 0. The molecule has 0 saturated heterocycles. The topological polar surface area (TPSA) is 87.0 Å². The zero-order chi connectivity index (χ0) is 16.9. The zero-order valence-corrected chi connectivity index (χ0v) is 13.5. The molecule has 1 aromatic heterocycles. The number of hydrogen-bond donors (Lipinski definition) is 3. The first-order valence-corrected chi connectivity index (χ1v) is 7.80. The Kier molecular flexibility index (Phi) is 4.78. The van der Waals surface area contributed by atoms with Crippen LogP contribution in [0.15, 0.2) is 75.4 Å². The van der Waals surface area contributed by atoms with E-state index in [2.05, 4.69) is 11.0 Å². The van der Waals surface area contributed by atoms with Crippen molar-refractivity contribution in [1.82, 2.24) is 16.0 Å². The van der Waals surface area contributed by atoms with Crippen molar-refractivity contribution in [1.29, 1.82) is 0 Å². The Labute approximate surface area is 142 Å². The molecule has 7 nitrogen and oxygen atoms in total. The number of para-hydroxylation sites is 1. The van der Waals surface area contributed by atoms with Gasteiger partial charge in [0.15, 0.2) is 10.9 Å². The van der Waals surface area contributed by atoms with Gasteiger partial charge in [0.25, 0.3) is 0 Å². The maximum Gasteiger partial charge on any atom is 0.211 e. The molecule has 1 aromatic carbocycles. The fourth-order valence-electron chi connectivity index (χ4n) is 1.97. The molecule has 124 valence electrons.